The molecule has 3 nitrogen and oxygen atoms in total. The Balaban J connectivity index is 3.01. The summed E-state index contributed by atoms with van der Waals surface area (Å²) in [6.45, 7) is 1.20. The lowest BCUT2D eigenvalue weighted by atomic mass is 10.2. The number of hydrogen-bond acceptors (Lipinski definition) is 2. The molecule has 0 saturated carbocycles. The molecule has 7 heteroatoms. The highest BCUT2D eigenvalue weighted by Gasteiger charge is 2.22. The van der Waals surface area contributed by atoms with Crippen molar-refractivity contribution in [3.8, 4) is 5.75 Å². The molecule has 1 aromatic carbocycles. The van der Waals surface area contributed by atoms with Gasteiger partial charge in [0, 0.05) is 6.07 Å². The molecule has 17 heavy (non-hydrogen) atoms. The SMILES string of the molecule is C[C@H](CC(=O)O)Oc1c(F)c(F)cc(F)c1F. The van der Waals surface area contributed by atoms with Gasteiger partial charge in [0.2, 0.25) is 11.6 Å². The maximum absolute atomic E-state index is 13.1. The molecular weight excluding hydrogens is 244 g/mol. The fourth-order valence-electron chi connectivity index (χ4n) is 1.14. The van der Waals surface area contributed by atoms with Crippen LogP contribution in [0.25, 0.3) is 0 Å². The number of rotatable bonds is 4. The molecule has 0 fully saturated rings. The number of benzene rings is 1. The van der Waals surface area contributed by atoms with Gasteiger partial charge in [-0.25, -0.2) is 8.78 Å². The fraction of sp³-hybridized carbons (Fsp3) is 0.300. The molecule has 0 unspecified atom stereocenters. The van der Waals surface area contributed by atoms with Gasteiger partial charge >= 0.3 is 5.97 Å². The molecule has 0 aliphatic carbocycles. The minimum atomic E-state index is -1.69. The summed E-state index contributed by atoms with van der Waals surface area (Å²) >= 11 is 0. The zero-order valence-corrected chi connectivity index (χ0v) is 8.64. The molecule has 0 heterocycles. The van der Waals surface area contributed by atoms with E-state index in [1.54, 1.807) is 0 Å². The lowest BCUT2D eigenvalue weighted by molar-refractivity contribution is -0.138. The van der Waals surface area contributed by atoms with Crippen molar-refractivity contribution >= 4 is 5.97 Å². The highest BCUT2D eigenvalue weighted by molar-refractivity contribution is 5.67. The summed E-state index contributed by atoms with van der Waals surface area (Å²) in [7, 11) is 0. The van der Waals surface area contributed by atoms with E-state index in [9.17, 15) is 22.4 Å². The monoisotopic (exact) mass is 252 g/mol. The number of carboxylic acids is 1. The van der Waals surface area contributed by atoms with Crippen molar-refractivity contribution in [2.24, 2.45) is 0 Å². The maximum atomic E-state index is 13.1. The highest BCUT2D eigenvalue weighted by atomic mass is 19.2. The molecule has 0 radical (unpaired) electrons. The van der Waals surface area contributed by atoms with Crippen molar-refractivity contribution in [3.63, 3.8) is 0 Å². The molecule has 1 atom stereocenters. The fourth-order valence-corrected chi connectivity index (χ4v) is 1.14. The van der Waals surface area contributed by atoms with Crippen LogP contribution in [0.3, 0.4) is 0 Å². The van der Waals surface area contributed by atoms with Crippen LogP contribution in [0.2, 0.25) is 0 Å². The summed E-state index contributed by atoms with van der Waals surface area (Å²) in [6.07, 6.45) is -1.69. The van der Waals surface area contributed by atoms with E-state index in [1.165, 1.54) is 6.92 Å². The first kappa shape index (κ1) is 13.3. The van der Waals surface area contributed by atoms with Crippen LogP contribution in [0.4, 0.5) is 17.6 Å². The molecule has 0 amide bonds. The number of ether oxygens (including phenoxy) is 1. The first-order valence-electron chi connectivity index (χ1n) is 4.54. The minimum Gasteiger partial charge on any atom is -0.484 e. The van der Waals surface area contributed by atoms with Crippen LogP contribution in [0.5, 0.6) is 5.75 Å². The third-order valence-electron chi connectivity index (χ3n) is 1.85. The number of carboxylic acid groups (broad SMARTS) is 1. The van der Waals surface area contributed by atoms with Gasteiger partial charge < -0.3 is 9.84 Å². The van der Waals surface area contributed by atoms with Crippen LogP contribution < -0.4 is 4.74 Å². The van der Waals surface area contributed by atoms with Gasteiger partial charge in [-0.1, -0.05) is 0 Å². The Kier molecular flexibility index (Phi) is 3.93. The summed E-state index contributed by atoms with van der Waals surface area (Å²) in [5, 5.41) is 8.39. The number of halogens is 4. The third kappa shape index (κ3) is 3.08. The topological polar surface area (TPSA) is 46.5 Å². The summed E-state index contributed by atoms with van der Waals surface area (Å²) in [6, 6.07) is 0.0411. The van der Waals surface area contributed by atoms with Gasteiger partial charge in [0.15, 0.2) is 17.4 Å². The predicted molar refractivity (Wildman–Crippen MR) is 48.6 cm³/mol. The zero-order valence-electron chi connectivity index (χ0n) is 8.64. The molecule has 1 rings (SSSR count). The first-order chi connectivity index (χ1) is 7.82. The van der Waals surface area contributed by atoms with E-state index >= 15 is 0 Å². The first-order valence-corrected chi connectivity index (χ1v) is 4.54. The molecule has 0 spiro atoms. The van der Waals surface area contributed by atoms with Gasteiger partial charge in [-0.3, -0.25) is 4.79 Å². The molecule has 1 N–H and O–H groups in total. The van der Waals surface area contributed by atoms with Crippen molar-refractivity contribution in [1.29, 1.82) is 0 Å². The predicted octanol–water partition coefficient (Wildman–Crippen LogP) is 2.49. The van der Waals surface area contributed by atoms with Gasteiger partial charge in [-0.2, -0.15) is 8.78 Å². The minimum absolute atomic E-state index is 0.0411. The molecule has 0 bridgehead atoms. The largest absolute Gasteiger partial charge is 0.484 e. The Bertz CT molecular complexity index is 421. The lowest BCUT2D eigenvalue weighted by Gasteiger charge is -2.14. The second-order valence-electron chi connectivity index (χ2n) is 3.32. The molecule has 94 valence electrons. The van der Waals surface area contributed by atoms with Crippen LogP contribution in [-0.4, -0.2) is 17.2 Å². The van der Waals surface area contributed by atoms with Crippen LogP contribution in [0, 0.1) is 23.3 Å². The van der Waals surface area contributed by atoms with Gasteiger partial charge in [0.25, 0.3) is 0 Å². The summed E-state index contributed by atoms with van der Waals surface area (Å²) in [5.74, 6) is -9.13. The van der Waals surface area contributed by atoms with E-state index in [2.05, 4.69) is 4.74 Å². The van der Waals surface area contributed by atoms with Gasteiger partial charge in [-0.05, 0) is 6.92 Å². The molecule has 0 aliphatic heterocycles. The van der Waals surface area contributed by atoms with E-state index in [4.69, 9.17) is 5.11 Å². The van der Waals surface area contributed by atoms with E-state index in [1.807, 2.05) is 0 Å². The van der Waals surface area contributed by atoms with E-state index in [-0.39, 0.29) is 6.07 Å². The smallest absolute Gasteiger partial charge is 0.307 e. The molecule has 0 aromatic heterocycles. The van der Waals surface area contributed by atoms with Crippen molar-refractivity contribution in [1.82, 2.24) is 0 Å². The van der Waals surface area contributed by atoms with Crippen LogP contribution in [0.1, 0.15) is 13.3 Å². The van der Waals surface area contributed by atoms with Crippen LogP contribution in [-0.2, 0) is 4.79 Å². The molecule has 1 aromatic rings. The van der Waals surface area contributed by atoms with Crippen molar-refractivity contribution in [2.45, 2.75) is 19.4 Å². The Labute approximate surface area is 93.6 Å². The van der Waals surface area contributed by atoms with Gasteiger partial charge in [0.1, 0.15) is 6.10 Å². The zero-order chi connectivity index (χ0) is 13.2. The van der Waals surface area contributed by atoms with Gasteiger partial charge in [0.05, 0.1) is 6.42 Å². The molecular formula is C10H8F4O3. The maximum Gasteiger partial charge on any atom is 0.307 e. The van der Waals surface area contributed by atoms with Crippen molar-refractivity contribution in [2.75, 3.05) is 0 Å². The van der Waals surface area contributed by atoms with E-state index in [0.717, 1.165) is 0 Å². The second-order valence-corrected chi connectivity index (χ2v) is 3.32. The Morgan fingerprint density at radius 1 is 1.29 bits per heavy atom. The van der Waals surface area contributed by atoms with E-state index in [0.29, 0.717) is 0 Å². The number of hydrogen-bond donors (Lipinski definition) is 1. The van der Waals surface area contributed by atoms with Crippen LogP contribution >= 0.6 is 0 Å². The van der Waals surface area contributed by atoms with Crippen molar-refractivity contribution < 1.29 is 32.2 Å². The van der Waals surface area contributed by atoms with E-state index < -0.39 is 47.5 Å². The third-order valence-corrected chi connectivity index (χ3v) is 1.85. The van der Waals surface area contributed by atoms with Crippen LogP contribution in [0.15, 0.2) is 6.07 Å². The summed E-state index contributed by atoms with van der Waals surface area (Å²) in [5.41, 5.74) is 0. The standard InChI is InChI=1S/C10H8F4O3/c1-4(2-7(15)16)17-10-8(13)5(11)3-6(12)9(10)14/h3-4H,2H2,1H3,(H,15,16)/t4-/m1/s1. The highest BCUT2D eigenvalue weighted by Crippen LogP contribution is 2.27. The number of aliphatic carboxylic acids is 1. The Morgan fingerprint density at radius 3 is 2.18 bits per heavy atom. The molecule has 0 aliphatic rings. The average molecular weight is 252 g/mol. The lowest BCUT2D eigenvalue weighted by Crippen LogP contribution is -2.18. The average Bonchev–Trinajstić information content (AvgIpc) is 2.20. The molecule has 0 saturated heterocycles. The Morgan fingerprint density at radius 2 is 1.76 bits per heavy atom. The van der Waals surface area contributed by atoms with Gasteiger partial charge in [-0.15, -0.1) is 0 Å². The second kappa shape index (κ2) is 5.03. The summed E-state index contributed by atoms with van der Waals surface area (Å²) < 4.78 is 56.2. The normalized spacial score (nSPS) is 12.3. The van der Waals surface area contributed by atoms with Crippen molar-refractivity contribution in [3.05, 3.63) is 29.3 Å². The number of carbonyl (C=O) groups is 1. The Hall–Kier alpha value is -1.79. The quantitative estimate of drug-likeness (QED) is 0.661. The summed E-state index contributed by atoms with van der Waals surface area (Å²) in [4.78, 5) is 10.3.